The molecule has 1 aliphatic carbocycles. The van der Waals surface area contributed by atoms with E-state index in [2.05, 4.69) is 88.0 Å². The van der Waals surface area contributed by atoms with Gasteiger partial charge in [-0.15, -0.1) is 0 Å². The Morgan fingerprint density at radius 2 is 1.41 bits per heavy atom. The van der Waals surface area contributed by atoms with E-state index < -0.39 is 0 Å². The van der Waals surface area contributed by atoms with E-state index >= 15 is 0 Å². The molecule has 1 heterocycles. The molecule has 1 unspecified atom stereocenters. The Balaban J connectivity index is 0.000000291. The molecule has 0 radical (unpaired) electrons. The molecular weight excluding hydrogens is 358 g/mol. The van der Waals surface area contributed by atoms with Gasteiger partial charge >= 0.3 is 0 Å². The Hall–Kier alpha value is -0.120. The molecule has 2 aliphatic rings. The molecule has 1 saturated heterocycles. The summed E-state index contributed by atoms with van der Waals surface area (Å²) in [5, 5.41) is 0. The molecule has 0 aromatic carbocycles. The van der Waals surface area contributed by atoms with Crippen LogP contribution in [0.1, 0.15) is 109 Å². The lowest BCUT2D eigenvalue weighted by atomic mass is 9.70. The molecule has 1 atom stereocenters. The zero-order chi connectivity index (χ0) is 22.7. The van der Waals surface area contributed by atoms with Crippen molar-refractivity contribution in [3.05, 3.63) is 0 Å². The molecule has 0 amide bonds. The SMILES string of the molecule is CC(C)(C)CC1(OC(C)(C)C)CCC1.CC(C)(C)CN1CCOCC1C(C)(C)C. The number of hydrogen-bond donors (Lipinski definition) is 0. The summed E-state index contributed by atoms with van der Waals surface area (Å²) in [5.41, 5.74) is 1.26. The molecule has 1 saturated carbocycles. The van der Waals surface area contributed by atoms with Gasteiger partial charge in [0, 0.05) is 19.1 Å². The molecule has 3 heteroatoms. The van der Waals surface area contributed by atoms with Gasteiger partial charge in [-0.2, -0.15) is 0 Å². The van der Waals surface area contributed by atoms with E-state index in [-0.39, 0.29) is 11.2 Å². The fourth-order valence-electron chi connectivity index (χ4n) is 4.74. The molecule has 174 valence electrons. The maximum atomic E-state index is 6.24. The standard InChI is InChI=1S/C13H27NO.C13H26O/c1-12(2,3)10-14-7-8-15-9-11(14)13(4,5)6;1-11(2,3)10-13(8-7-9-13)14-12(4,5)6/h11H,7-10H2,1-6H3;7-10H2,1-6H3. The molecule has 1 aliphatic heterocycles. The number of nitrogens with zero attached hydrogens (tertiary/aromatic N) is 1. The third kappa shape index (κ3) is 10.6. The van der Waals surface area contributed by atoms with Gasteiger partial charge in [-0.3, -0.25) is 4.90 Å². The summed E-state index contributed by atoms with van der Waals surface area (Å²) >= 11 is 0. The summed E-state index contributed by atoms with van der Waals surface area (Å²) in [4.78, 5) is 2.60. The van der Waals surface area contributed by atoms with Crippen LogP contribution in [0.2, 0.25) is 0 Å². The zero-order valence-corrected chi connectivity index (χ0v) is 22.0. The number of morpholine rings is 1. The second-order valence-corrected chi connectivity index (χ2v) is 14.0. The molecule has 2 rings (SSSR count). The number of ether oxygens (including phenoxy) is 2. The zero-order valence-electron chi connectivity index (χ0n) is 22.0. The lowest BCUT2D eigenvalue weighted by molar-refractivity contribution is -0.185. The highest BCUT2D eigenvalue weighted by Gasteiger charge is 2.43. The van der Waals surface area contributed by atoms with Crippen LogP contribution >= 0.6 is 0 Å². The van der Waals surface area contributed by atoms with E-state index in [0.29, 0.717) is 22.3 Å². The lowest BCUT2D eigenvalue weighted by Crippen LogP contribution is -2.54. The highest BCUT2D eigenvalue weighted by atomic mass is 16.5. The molecule has 0 aromatic rings. The molecule has 0 bridgehead atoms. The minimum Gasteiger partial charge on any atom is -0.378 e. The van der Waals surface area contributed by atoms with Gasteiger partial charge in [-0.25, -0.2) is 0 Å². The van der Waals surface area contributed by atoms with Crippen LogP contribution in [0.15, 0.2) is 0 Å². The fourth-order valence-corrected chi connectivity index (χ4v) is 4.74. The highest BCUT2D eigenvalue weighted by Crippen LogP contribution is 2.46. The number of rotatable bonds is 3. The quantitative estimate of drug-likeness (QED) is 0.502. The van der Waals surface area contributed by atoms with Crippen molar-refractivity contribution in [3.8, 4) is 0 Å². The summed E-state index contributed by atoms with van der Waals surface area (Å²) in [7, 11) is 0. The average Bonchev–Trinajstić information content (AvgIpc) is 2.40. The van der Waals surface area contributed by atoms with Crippen LogP contribution in [-0.2, 0) is 9.47 Å². The van der Waals surface area contributed by atoms with Gasteiger partial charge in [0.2, 0.25) is 0 Å². The monoisotopic (exact) mass is 411 g/mol. The van der Waals surface area contributed by atoms with E-state index in [1.54, 1.807) is 0 Å². The number of hydrogen-bond acceptors (Lipinski definition) is 3. The fraction of sp³-hybridized carbons (Fsp3) is 1.00. The van der Waals surface area contributed by atoms with Crippen molar-refractivity contribution in [1.82, 2.24) is 4.90 Å². The Morgan fingerprint density at radius 3 is 1.76 bits per heavy atom. The Labute approximate surface area is 183 Å². The van der Waals surface area contributed by atoms with E-state index in [0.717, 1.165) is 26.3 Å². The van der Waals surface area contributed by atoms with Crippen molar-refractivity contribution in [2.45, 2.75) is 126 Å². The second-order valence-electron chi connectivity index (χ2n) is 14.0. The van der Waals surface area contributed by atoms with Gasteiger partial charge in [0.25, 0.3) is 0 Å². The van der Waals surface area contributed by atoms with Crippen LogP contribution in [0.5, 0.6) is 0 Å². The highest BCUT2D eigenvalue weighted by molar-refractivity contribution is 4.94. The van der Waals surface area contributed by atoms with Crippen LogP contribution in [0.4, 0.5) is 0 Å². The van der Waals surface area contributed by atoms with Gasteiger partial charge in [0.15, 0.2) is 0 Å². The Kier molecular flexibility index (Phi) is 8.88. The maximum absolute atomic E-state index is 6.24. The first-order chi connectivity index (χ1) is 12.8. The predicted octanol–water partition coefficient (Wildman–Crippen LogP) is 6.94. The molecular formula is C26H53NO2. The minimum absolute atomic E-state index is 0.00562. The first-order valence-corrected chi connectivity index (χ1v) is 11.8. The van der Waals surface area contributed by atoms with Crippen molar-refractivity contribution in [3.63, 3.8) is 0 Å². The van der Waals surface area contributed by atoms with Gasteiger partial charge in [-0.05, 0) is 62.7 Å². The summed E-state index contributed by atoms with van der Waals surface area (Å²) in [6.45, 7) is 31.3. The molecule has 0 aromatic heterocycles. The van der Waals surface area contributed by atoms with Crippen molar-refractivity contribution in [1.29, 1.82) is 0 Å². The molecule has 2 fully saturated rings. The van der Waals surface area contributed by atoms with E-state index in [9.17, 15) is 0 Å². The van der Waals surface area contributed by atoms with Crippen LogP contribution in [0.25, 0.3) is 0 Å². The third-order valence-corrected chi connectivity index (χ3v) is 5.56. The summed E-state index contributed by atoms with van der Waals surface area (Å²) in [6, 6.07) is 0.561. The predicted molar refractivity (Wildman–Crippen MR) is 127 cm³/mol. The summed E-state index contributed by atoms with van der Waals surface area (Å²) in [6.07, 6.45) is 5.03. The Bertz CT molecular complexity index is 463. The van der Waals surface area contributed by atoms with Crippen molar-refractivity contribution in [2.24, 2.45) is 16.2 Å². The first-order valence-electron chi connectivity index (χ1n) is 11.8. The van der Waals surface area contributed by atoms with Crippen LogP contribution < -0.4 is 0 Å². The van der Waals surface area contributed by atoms with E-state index in [4.69, 9.17) is 9.47 Å². The first kappa shape index (κ1) is 26.9. The molecule has 29 heavy (non-hydrogen) atoms. The van der Waals surface area contributed by atoms with Gasteiger partial charge in [-0.1, -0.05) is 62.3 Å². The van der Waals surface area contributed by atoms with E-state index in [1.165, 1.54) is 25.7 Å². The second kappa shape index (κ2) is 9.57. The topological polar surface area (TPSA) is 21.7 Å². The summed E-state index contributed by atoms with van der Waals surface area (Å²) < 4.78 is 11.8. The van der Waals surface area contributed by atoms with Gasteiger partial charge < -0.3 is 9.47 Å². The molecule has 0 N–H and O–H groups in total. The van der Waals surface area contributed by atoms with Crippen LogP contribution in [0, 0.1) is 16.2 Å². The van der Waals surface area contributed by atoms with Crippen molar-refractivity contribution in [2.75, 3.05) is 26.3 Å². The largest absolute Gasteiger partial charge is 0.378 e. The average molecular weight is 412 g/mol. The van der Waals surface area contributed by atoms with Crippen LogP contribution in [0.3, 0.4) is 0 Å². The molecule has 3 nitrogen and oxygen atoms in total. The van der Waals surface area contributed by atoms with Gasteiger partial charge in [0.1, 0.15) is 0 Å². The third-order valence-electron chi connectivity index (χ3n) is 5.56. The minimum atomic E-state index is 0.00562. The van der Waals surface area contributed by atoms with Crippen LogP contribution in [-0.4, -0.2) is 48.4 Å². The normalized spacial score (nSPS) is 23.8. The smallest absolute Gasteiger partial charge is 0.0694 e. The molecule has 0 spiro atoms. The summed E-state index contributed by atoms with van der Waals surface area (Å²) in [5.74, 6) is 0. The Morgan fingerprint density at radius 1 is 0.862 bits per heavy atom. The lowest BCUT2D eigenvalue weighted by Gasteiger charge is -2.49. The van der Waals surface area contributed by atoms with Gasteiger partial charge in [0.05, 0.1) is 24.4 Å². The van der Waals surface area contributed by atoms with E-state index in [1.807, 2.05) is 0 Å². The van der Waals surface area contributed by atoms with Crippen molar-refractivity contribution >= 4 is 0 Å². The van der Waals surface area contributed by atoms with Crippen molar-refractivity contribution < 1.29 is 9.47 Å². The maximum Gasteiger partial charge on any atom is 0.0694 e.